The molecule has 2 N–H and O–H groups in total. The molecule has 0 spiro atoms. The number of thioether (sulfide) groups is 1. The number of hydrogen-bond acceptors (Lipinski definition) is 5. The quantitative estimate of drug-likeness (QED) is 0.252. The van der Waals surface area contributed by atoms with Crippen molar-refractivity contribution in [1.29, 1.82) is 0 Å². The third-order valence-electron chi connectivity index (χ3n) is 4.38. The summed E-state index contributed by atoms with van der Waals surface area (Å²) in [4.78, 5) is 11.5. The van der Waals surface area contributed by atoms with Gasteiger partial charge >= 0.3 is 5.69 Å². The highest BCUT2D eigenvalue weighted by Gasteiger charge is 2.21. The average molecular weight is 476 g/mol. The molecular weight excluding hydrogens is 460 g/mol. The molecule has 4 aromatic rings. The molecule has 0 aliphatic heterocycles. The lowest BCUT2D eigenvalue weighted by Crippen LogP contribution is -2.12. The molecule has 0 aliphatic carbocycles. The van der Waals surface area contributed by atoms with Gasteiger partial charge in [0.15, 0.2) is 0 Å². The van der Waals surface area contributed by atoms with Crippen LogP contribution in [0.25, 0.3) is 11.0 Å². The number of furan rings is 1. The van der Waals surface area contributed by atoms with Crippen LogP contribution in [-0.4, -0.2) is 18.5 Å². The molecule has 0 amide bonds. The highest BCUT2D eigenvalue weighted by atomic mass is 35.5. The normalized spacial score (nSPS) is 11.5. The highest BCUT2D eigenvalue weighted by molar-refractivity contribution is 7.98. The maximum absolute atomic E-state index is 12.9. The topological polar surface area (TPSA) is 99.6 Å². The molecule has 0 fully saturated rings. The van der Waals surface area contributed by atoms with Gasteiger partial charge in [0.05, 0.1) is 10.6 Å². The number of benzene rings is 3. The molecule has 0 saturated carbocycles. The van der Waals surface area contributed by atoms with Crippen LogP contribution >= 0.6 is 23.4 Å². The fourth-order valence-corrected chi connectivity index (χ4v) is 5.13. The Bertz CT molecular complexity index is 1350. The van der Waals surface area contributed by atoms with Gasteiger partial charge in [-0.2, -0.15) is 8.42 Å². The van der Waals surface area contributed by atoms with Crippen LogP contribution in [0.4, 0.5) is 11.4 Å². The van der Waals surface area contributed by atoms with Crippen LogP contribution in [-0.2, 0) is 15.8 Å². The van der Waals surface area contributed by atoms with Crippen molar-refractivity contribution in [2.24, 2.45) is 0 Å². The Balaban J connectivity index is 1.59. The summed E-state index contributed by atoms with van der Waals surface area (Å²) in [5.74, 6) is 0.433. The molecule has 4 rings (SSSR count). The summed E-state index contributed by atoms with van der Waals surface area (Å²) < 4.78 is 33.8. The van der Waals surface area contributed by atoms with Gasteiger partial charge in [-0.1, -0.05) is 41.9 Å². The molecule has 0 aliphatic rings. The zero-order valence-electron chi connectivity index (χ0n) is 15.9. The molecule has 0 atom stereocenters. The van der Waals surface area contributed by atoms with Crippen LogP contribution in [0.5, 0.6) is 0 Å². The first-order valence-corrected chi connectivity index (χ1v) is 11.9. The van der Waals surface area contributed by atoms with E-state index < -0.39 is 10.0 Å². The minimum absolute atomic E-state index is 0.111. The summed E-state index contributed by atoms with van der Waals surface area (Å²) in [5, 5.41) is 9.92. The molecule has 1 aromatic heterocycles. The van der Waals surface area contributed by atoms with Crippen molar-refractivity contribution in [3.63, 3.8) is 0 Å². The van der Waals surface area contributed by atoms with Crippen molar-refractivity contribution >= 4 is 55.7 Å². The third-order valence-corrected chi connectivity index (χ3v) is 6.98. The summed E-state index contributed by atoms with van der Waals surface area (Å²) >= 11 is 7.44. The maximum Gasteiger partial charge on any atom is 0.316 e. The van der Waals surface area contributed by atoms with Gasteiger partial charge in [-0.15, -0.1) is 11.8 Å². The molecule has 0 bridgehead atoms. The number of nitrogens with one attached hydrogen (secondary N) is 1. The van der Waals surface area contributed by atoms with Crippen molar-refractivity contribution in [2.45, 2.75) is 15.7 Å². The zero-order valence-corrected chi connectivity index (χ0v) is 18.2. The second-order valence-electron chi connectivity index (χ2n) is 6.58. The maximum atomic E-state index is 12.9. The largest absolute Gasteiger partial charge is 0.443 e. The van der Waals surface area contributed by atoms with Crippen LogP contribution in [0.15, 0.2) is 87.2 Å². The summed E-state index contributed by atoms with van der Waals surface area (Å²) in [6.07, 6.45) is 0. The highest BCUT2D eigenvalue weighted by Crippen LogP contribution is 2.34. The van der Waals surface area contributed by atoms with Crippen LogP contribution in [0.1, 0.15) is 5.56 Å². The minimum Gasteiger partial charge on any atom is -0.443 e. The molecule has 0 radical (unpaired) electrons. The fraction of sp³-hybridized carbons (Fsp3) is 0.0476. The van der Waals surface area contributed by atoms with Crippen molar-refractivity contribution in [3.8, 4) is 0 Å². The Morgan fingerprint density at radius 1 is 1.03 bits per heavy atom. The summed E-state index contributed by atoms with van der Waals surface area (Å²) in [6.45, 7) is 0. The lowest BCUT2D eigenvalue weighted by Gasteiger charge is -2.12. The number of para-hydroxylation sites is 1. The minimum atomic E-state index is -3.99. The van der Waals surface area contributed by atoms with Gasteiger partial charge in [0.2, 0.25) is 5.09 Å². The Morgan fingerprint density at radius 3 is 2.61 bits per heavy atom. The van der Waals surface area contributed by atoms with E-state index in [4.69, 9.17) is 21.2 Å². The van der Waals surface area contributed by atoms with Crippen LogP contribution < -0.4 is 4.72 Å². The van der Waals surface area contributed by atoms with E-state index in [0.29, 0.717) is 32.3 Å². The molecule has 3 aromatic carbocycles. The van der Waals surface area contributed by atoms with E-state index in [9.17, 15) is 13.3 Å². The molecule has 0 unspecified atom stereocenters. The molecule has 7 nitrogen and oxygen atoms in total. The number of sulfonamides is 1. The molecular formula is C21H16ClN2O5S2+. The van der Waals surface area contributed by atoms with Gasteiger partial charge in [-0.25, -0.2) is 5.21 Å². The summed E-state index contributed by atoms with van der Waals surface area (Å²) in [7, 11) is -3.99. The smallest absolute Gasteiger partial charge is 0.316 e. The van der Waals surface area contributed by atoms with Crippen molar-refractivity contribution in [2.75, 3.05) is 4.72 Å². The van der Waals surface area contributed by atoms with Crippen LogP contribution in [0.3, 0.4) is 0 Å². The number of nitrogens with zero attached hydrogens (tertiary/aromatic N) is 1. The Hall–Kier alpha value is -3.01. The standard InChI is InChI=1S/C21H16ClN2O5S2/c22-16-8-9-20(30-13-14-4-3-6-17(10-14)24(25)26)18(12-16)23-31(27,28)21-11-15-5-1-2-7-19(15)29-21/h1-12,23H,13H2,(H,25,26)/q+1. The lowest BCUT2D eigenvalue weighted by molar-refractivity contribution is -0.729. The van der Waals surface area contributed by atoms with Gasteiger partial charge < -0.3 is 4.42 Å². The first kappa shape index (κ1) is 21.2. The van der Waals surface area contributed by atoms with E-state index in [1.807, 2.05) is 0 Å². The second-order valence-corrected chi connectivity index (χ2v) is 9.65. The van der Waals surface area contributed by atoms with Gasteiger partial charge in [0.25, 0.3) is 14.9 Å². The number of rotatable bonds is 7. The van der Waals surface area contributed by atoms with E-state index in [1.54, 1.807) is 54.6 Å². The summed E-state index contributed by atoms with van der Waals surface area (Å²) in [5.41, 5.74) is 1.67. The number of hydrogen-bond donors (Lipinski definition) is 2. The SMILES string of the molecule is O=[N+](O)c1cccc(CSc2ccc(Cl)cc2NS(=O)(=O)c2cc3ccccc3o2)c1. The molecule has 158 valence electrons. The van der Waals surface area contributed by atoms with E-state index in [-0.39, 0.29) is 15.7 Å². The fourth-order valence-electron chi connectivity index (χ4n) is 2.92. The van der Waals surface area contributed by atoms with Crippen LogP contribution in [0, 0.1) is 4.91 Å². The zero-order chi connectivity index (χ0) is 22.0. The van der Waals surface area contributed by atoms with Crippen molar-refractivity contribution < 1.29 is 23.0 Å². The van der Waals surface area contributed by atoms with E-state index in [2.05, 4.69) is 4.72 Å². The third kappa shape index (κ3) is 4.84. The molecule has 1 heterocycles. The first-order chi connectivity index (χ1) is 14.8. The van der Waals surface area contributed by atoms with Crippen LogP contribution in [0.2, 0.25) is 5.02 Å². The van der Waals surface area contributed by atoms with E-state index in [1.165, 1.54) is 30.0 Å². The molecule has 0 saturated heterocycles. The number of fused-ring (bicyclic) bond motifs is 1. The Morgan fingerprint density at radius 2 is 1.84 bits per heavy atom. The lowest BCUT2D eigenvalue weighted by atomic mass is 10.2. The van der Waals surface area contributed by atoms with Gasteiger partial charge in [0.1, 0.15) is 5.58 Å². The summed E-state index contributed by atoms with van der Waals surface area (Å²) in [6, 6.07) is 19.9. The molecule has 10 heteroatoms. The first-order valence-electron chi connectivity index (χ1n) is 9.01. The van der Waals surface area contributed by atoms with Crippen molar-refractivity contribution in [3.05, 3.63) is 88.3 Å². The molecule has 31 heavy (non-hydrogen) atoms. The van der Waals surface area contributed by atoms with E-state index in [0.717, 1.165) is 5.56 Å². The van der Waals surface area contributed by atoms with E-state index >= 15 is 0 Å². The predicted molar refractivity (Wildman–Crippen MR) is 120 cm³/mol. The van der Waals surface area contributed by atoms with Gasteiger partial charge in [-0.05, 0) is 29.8 Å². The average Bonchev–Trinajstić information content (AvgIpc) is 3.18. The van der Waals surface area contributed by atoms with Crippen molar-refractivity contribution in [1.82, 2.24) is 0 Å². The van der Waals surface area contributed by atoms with Gasteiger partial charge in [-0.3, -0.25) is 4.72 Å². The number of halogens is 1. The second kappa shape index (κ2) is 8.62. The monoisotopic (exact) mass is 475 g/mol. The number of anilines is 1. The predicted octanol–water partition coefficient (Wildman–Crippen LogP) is 5.98. The van der Waals surface area contributed by atoms with Gasteiger partial charge in [0, 0.05) is 39.3 Å². The Labute approximate surface area is 187 Å². The Kier molecular flexibility index (Phi) is 5.90.